The highest BCUT2D eigenvalue weighted by Crippen LogP contribution is 2.14. The van der Waals surface area contributed by atoms with Crippen molar-refractivity contribution in [3.8, 4) is 5.75 Å². The van der Waals surface area contributed by atoms with Crippen LogP contribution in [-0.4, -0.2) is 31.4 Å². The molecule has 0 atom stereocenters. The maximum atomic E-state index is 12.2. The zero-order valence-corrected chi connectivity index (χ0v) is 13.6. The molecule has 0 fully saturated rings. The van der Waals surface area contributed by atoms with E-state index in [1.165, 1.54) is 5.56 Å². The van der Waals surface area contributed by atoms with Crippen LogP contribution < -0.4 is 4.74 Å². The number of carbonyl (C=O) groups is 1. The van der Waals surface area contributed by atoms with Crippen molar-refractivity contribution in [1.29, 1.82) is 0 Å². The normalized spacial score (nSPS) is 13.6. The van der Waals surface area contributed by atoms with E-state index < -0.39 is 0 Å². The van der Waals surface area contributed by atoms with Gasteiger partial charge in [0.15, 0.2) is 12.4 Å². The molecule has 1 aliphatic heterocycles. The van der Waals surface area contributed by atoms with Crippen molar-refractivity contribution >= 4 is 17.8 Å². The summed E-state index contributed by atoms with van der Waals surface area (Å²) in [5.41, 5.74) is 2.83. The van der Waals surface area contributed by atoms with Crippen molar-refractivity contribution in [2.24, 2.45) is 4.99 Å². The van der Waals surface area contributed by atoms with Crippen molar-refractivity contribution in [1.82, 2.24) is 0 Å². The van der Waals surface area contributed by atoms with E-state index in [0.717, 1.165) is 5.56 Å². The molecule has 1 heterocycles. The molecule has 0 amide bonds. The Hall–Kier alpha value is -2.88. The topological polar surface area (TPSA) is 47.9 Å². The number of aliphatic imine (C=N–C) groups is 1. The van der Waals surface area contributed by atoms with Gasteiger partial charge in [0, 0.05) is 5.56 Å². The Morgan fingerprint density at radius 2 is 1.92 bits per heavy atom. The lowest BCUT2D eigenvalue weighted by molar-refractivity contribution is 0.104. The molecule has 1 aliphatic rings. The first-order valence-electron chi connectivity index (χ1n) is 7.89. The van der Waals surface area contributed by atoms with Crippen LogP contribution in [-0.2, 0) is 4.74 Å². The van der Waals surface area contributed by atoms with Gasteiger partial charge in [0.2, 0.25) is 5.90 Å². The quantitative estimate of drug-likeness (QED) is 0.602. The SMILES string of the molecule is Cc1ccc(/C=C/C(=O)c2ccc(OCC3=NCCO3)cc2)cc1. The first-order valence-corrected chi connectivity index (χ1v) is 7.89. The van der Waals surface area contributed by atoms with E-state index in [9.17, 15) is 4.79 Å². The zero-order valence-electron chi connectivity index (χ0n) is 13.6. The van der Waals surface area contributed by atoms with Gasteiger partial charge in [0.1, 0.15) is 12.4 Å². The number of hydrogen-bond acceptors (Lipinski definition) is 4. The summed E-state index contributed by atoms with van der Waals surface area (Å²) in [6.45, 7) is 3.67. The number of hydrogen-bond donors (Lipinski definition) is 0. The number of aryl methyl sites for hydroxylation is 1. The fourth-order valence-corrected chi connectivity index (χ4v) is 2.27. The molecule has 4 heteroatoms. The van der Waals surface area contributed by atoms with Crippen molar-refractivity contribution in [3.05, 3.63) is 71.3 Å². The molecule has 2 aromatic rings. The summed E-state index contributed by atoms with van der Waals surface area (Å²) in [5.74, 6) is 1.27. The lowest BCUT2D eigenvalue weighted by Gasteiger charge is -2.06. The first-order chi connectivity index (χ1) is 11.7. The Morgan fingerprint density at radius 1 is 1.17 bits per heavy atom. The highest BCUT2D eigenvalue weighted by molar-refractivity contribution is 6.06. The Labute approximate surface area is 141 Å². The highest BCUT2D eigenvalue weighted by Gasteiger charge is 2.08. The van der Waals surface area contributed by atoms with Gasteiger partial charge in [0.05, 0.1) is 6.54 Å². The van der Waals surface area contributed by atoms with Gasteiger partial charge >= 0.3 is 0 Å². The lowest BCUT2D eigenvalue weighted by Crippen LogP contribution is -2.11. The molecule has 4 nitrogen and oxygen atoms in total. The maximum Gasteiger partial charge on any atom is 0.222 e. The van der Waals surface area contributed by atoms with E-state index >= 15 is 0 Å². The van der Waals surface area contributed by atoms with Crippen LogP contribution in [0.3, 0.4) is 0 Å². The molecule has 122 valence electrons. The van der Waals surface area contributed by atoms with Crippen LogP contribution in [0.2, 0.25) is 0 Å². The molecule has 0 saturated carbocycles. The Kier molecular flexibility index (Phi) is 5.06. The van der Waals surface area contributed by atoms with Gasteiger partial charge in [-0.05, 0) is 42.8 Å². The van der Waals surface area contributed by atoms with Gasteiger partial charge in [0.25, 0.3) is 0 Å². The number of nitrogens with zero attached hydrogens (tertiary/aromatic N) is 1. The number of ether oxygens (including phenoxy) is 2. The summed E-state index contributed by atoms with van der Waals surface area (Å²) in [5, 5.41) is 0. The molecule has 2 aromatic carbocycles. The molecule has 0 saturated heterocycles. The van der Waals surface area contributed by atoms with Crippen LogP contribution in [0.4, 0.5) is 0 Å². The molecule has 3 rings (SSSR count). The van der Waals surface area contributed by atoms with Gasteiger partial charge in [-0.25, -0.2) is 4.99 Å². The van der Waals surface area contributed by atoms with Crippen molar-refractivity contribution in [3.63, 3.8) is 0 Å². The Bertz CT molecular complexity index is 758. The van der Waals surface area contributed by atoms with Crippen LogP contribution in [0, 0.1) is 6.92 Å². The smallest absolute Gasteiger partial charge is 0.222 e. The summed E-state index contributed by atoms with van der Waals surface area (Å²) in [7, 11) is 0. The summed E-state index contributed by atoms with van der Waals surface area (Å²) >= 11 is 0. The zero-order chi connectivity index (χ0) is 16.8. The van der Waals surface area contributed by atoms with E-state index in [2.05, 4.69) is 4.99 Å². The van der Waals surface area contributed by atoms with Crippen LogP contribution >= 0.6 is 0 Å². The molecule has 0 unspecified atom stereocenters. The number of benzene rings is 2. The fraction of sp³-hybridized carbons (Fsp3) is 0.200. The van der Waals surface area contributed by atoms with E-state index in [0.29, 0.717) is 37.0 Å². The molecular weight excluding hydrogens is 302 g/mol. The molecule has 0 spiro atoms. The van der Waals surface area contributed by atoms with Crippen molar-refractivity contribution in [2.45, 2.75) is 6.92 Å². The molecular formula is C20H19NO3. The average molecular weight is 321 g/mol. The lowest BCUT2D eigenvalue weighted by atomic mass is 10.1. The second kappa shape index (κ2) is 7.59. The Balaban J connectivity index is 1.57. The molecule has 24 heavy (non-hydrogen) atoms. The van der Waals surface area contributed by atoms with E-state index in [1.807, 2.05) is 37.3 Å². The van der Waals surface area contributed by atoms with Crippen molar-refractivity contribution < 1.29 is 14.3 Å². The summed E-state index contributed by atoms with van der Waals surface area (Å²) in [6, 6.07) is 15.1. The second-order valence-electron chi connectivity index (χ2n) is 5.55. The standard InChI is InChI=1S/C20H19NO3/c1-15-2-4-16(5-3-15)6-11-19(22)17-7-9-18(10-8-17)24-14-20-21-12-13-23-20/h2-11H,12-14H2,1H3/b11-6+. The predicted molar refractivity (Wildman–Crippen MR) is 94.7 cm³/mol. The number of ketones is 1. The summed E-state index contributed by atoms with van der Waals surface area (Å²) in [4.78, 5) is 16.4. The van der Waals surface area contributed by atoms with E-state index in [4.69, 9.17) is 9.47 Å². The van der Waals surface area contributed by atoms with Crippen LogP contribution in [0.15, 0.2) is 59.6 Å². The average Bonchev–Trinajstić information content (AvgIpc) is 3.13. The largest absolute Gasteiger partial charge is 0.484 e. The van der Waals surface area contributed by atoms with Crippen LogP contribution in [0.25, 0.3) is 6.08 Å². The molecule has 0 aliphatic carbocycles. The molecule has 0 aromatic heterocycles. The minimum atomic E-state index is -0.0365. The van der Waals surface area contributed by atoms with E-state index in [-0.39, 0.29) is 5.78 Å². The third-order valence-corrected chi connectivity index (χ3v) is 3.65. The first kappa shape index (κ1) is 16.0. The monoisotopic (exact) mass is 321 g/mol. The molecule has 0 bridgehead atoms. The number of allylic oxidation sites excluding steroid dienone is 1. The summed E-state index contributed by atoms with van der Waals surface area (Å²) < 4.78 is 10.9. The van der Waals surface area contributed by atoms with E-state index in [1.54, 1.807) is 30.3 Å². The van der Waals surface area contributed by atoms with Crippen LogP contribution in [0.5, 0.6) is 5.75 Å². The van der Waals surface area contributed by atoms with Gasteiger partial charge in [-0.2, -0.15) is 0 Å². The Morgan fingerprint density at radius 3 is 2.58 bits per heavy atom. The van der Waals surface area contributed by atoms with Crippen LogP contribution in [0.1, 0.15) is 21.5 Å². The van der Waals surface area contributed by atoms with Gasteiger partial charge in [-0.15, -0.1) is 0 Å². The van der Waals surface area contributed by atoms with Crippen molar-refractivity contribution in [2.75, 3.05) is 19.8 Å². The second-order valence-corrected chi connectivity index (χ2v) is 5.55. The number of carbonyl (C=O) groups excluding carboxylic acids is 1. The molecule has 0 radical (unpaired) electrons. The highest BCUT2D eigenvalue weighted by atomic mass is 16.5. The minimum Gasteiger partial charge on any atom is -0.484 e. The van der Waals surface area contributed by atoms with Gasteiger partial charge < -0.3 is 9.47 Å². The fourth-order valence-electron chi connectivity index (χ4n) is 2.27. The third kappa shape index (κ3) is 4.32. The number of rotatable bonds is 6. The van der Waals surface area contributed by atoms with Gasteiger partial charge in [-0.3, -0.25) is 4.79 Å². The minimum absolute atomic E-state index is 0.0365. The maximum absolute atomic E-state index is 12.2. The predicted octanol–water partition coefficient (Wildman–Crippen LogP) is 3.70. The summed E-state index contributed by atoms with van der Waals surface area (Å²) in [6.07, 6.45) is 3.41. The molecule has 0 N–H and O–H groups in total. The van der Waals surface area contributed by atoms with Gasteiger partial charge in [-0.1, -0.05) is 35.9 Å². The third-order valence-electron chi connectivity index (χ3n) is 3.65.